The Kier molecular flexibility index (Phi) is 3.40. The fourth-order valence-electron chi connectivity index (χ4n) is 2.17. The van der Waals surface area contributed by atoms with Gasteiger partial charge >= 0.3 is 0 Å². The lowest BCUT2D eigenvalue weighted by molar-refractivity contribution is -0.119. The second kappa shape index (κ2) is 4.98. The van der Waals surface area contributed by atoms with E-state index in [0.29, 0.717) is 13.2 Å². The Balaban J connectivity index is 2.32. The number of hydrogen-bond donors (Lipinski definition) is 0. The van der Waals surface area contributed by atoms with E-state index in [9.17, 15) is 4.79 Å². The van der Waals surface area contributed by atoms with E-state index in [4.69, 9.17) is 10.00 Å². The third kappa shape index (κ3) is 2.02. The molecule has 17 heavy (non-hydrogen) atoms. The van der Waals surface area contributed by atoms with Crippen LogP contribution in [0, 0.1) is 11.3 Å². The first-order valence-electron chi connectivity index (χ1n) is 5.55. The SMILES string of the molecule is COCCN1C(=O)[C@@H](CC#N)c2ccccc21. The highest BCUT2D eigenvalue weighted by molar-refractivity contribution is 6.05. The molecule has 1 aromatic carbocycles. The molecule has 1 atom stereocenters. The van der Waals surface area contributed by atoms with Gasteiger partial charge in [-0.1, -0.05) is 18.2 Å². The molecule has 1 amide bonds. The summed E-state index contributed by atoms with van der Waals surface area (Å²) in [6, 6.07) is 9.72. The number of amides is 1. The smallest absolute Gasteiger partial charge is 0.235 e. The van der Waals surface area contributed by atoms with Crippen molar-refractivity contribution in [2.24, 2.45) is 0 Å². The number of hydrogen-bond acceptors (Lipinski definition) is 3. The maximum absolute atomic E-state index is 12.2. The zero-order chi connectivity index (χ0) is 12.3. The molecule has 0 spiro atoms. The Morgan fingerprint density at radius 2 is 2.24 bits per heavy atom. The molecule has 2 rings (SSSR count). The largest absolute Gasteiger partial charge is 0.383 e. The van der Waals surface area contributed by atoms with Crippen molar-refractivity contribution in [3.8, 4) is 6.07 Å². The Morgan fingerprint density at radius 3 is 2.94 bits per heavy atom. The highest BCUT2D eigenvalue weighted by Gasteiger charge is 2.36. The van der Waals surface area contributed by atoms with E-state index in [1.807, 2.05) is 24.3 Å². The molecular formula is C13H14N2O2. The molecule has 1 heterocycles. The second-order valence-corrected chi connectivity index (χ2v) is 3.96. The summed E-state index contributed by atoms with van der Waals surface area (Å²) in [4.78, 5) is 13.9. The van der Waals surface area contributed by atoms with E-state index in [1.54, 1.807) is 12.0 Å². The molecule has 1 aromatic rings. The van der Waals surface area contributed by atoms with E-state index in [-0.39, 0.29) is 18.2 Å². The van der Waals surface area contributed by atoms with E-state index in [2.05, 4.69) is 6.07 Å². The van der Waals surface area contributed by atoms with Gasteiger partial charge < -0.3 is 9.64 Å². The van der Waals surface area contributed by atoms with Crippen molar-refractivity contribution in [2.75, 3.05) is 25.2 Å². The van der Waals surface area contributed by atoms with Crippen LogP contribution < -0.4 is 4.90 Å². The number of para-hydroxylation sites is 1. The van der Waals surface area contributed by atoms with Crippen LogP contribution in [0.2, 0.25) is 0 Å². The number of nitrogens with zero attached hydrogens (tertiary/aromatic N) is 2. The molecule has 4 heteroatoms. The van der Waals surface area contributed by atoms with E-state index >= 15 is 0 Å². The summed E-state index contributed by atoms with van der Waals surface area (Å²) in [7, 11) is 1.61. The highest BCUT2D eigenvalue weighted by atomic mass is 16.5. The number of anilines is 1. The van der Waals surface area contributed by atoms with Gasteiger partial charge in [-0.2, -0.15) is 5.26 Å². The third-order valence-electron chi connectivity index (χ3n) is 2.98. The van der Waals surface area contributed by atoms with Crippen molar-refractivity contribution in [2.45, 2.75) is 12.3 Å². The average molecular weight is 230 g/mol. The number of carbonyl (C=O) groups excluding carboxylic acids is 1. The summed E-state index contributed by atoms with van der Waals surface area (Å²) in [6.45, 7) is 1.04. The van der Waals surface area contributed by atoms with Crippen LogP contribution >= 0.6 is 0 Å². The minimum atomic E-state index is -0.312. The molecule has 88 valence electrons. The van der Waals surface area contributed by atoms with Gasteiger partial charge in [0.1, 0.15) is 0 Å². The number of methoxy groups -OCH3 is 1. The number of fused-ring (bicyclic) bond motifs is 1. The first-order chi connectivity index (χ1) is 8.29. The van der Waals surface area contributed by atoms with E-state index < -0.39 is 0 Å². The molecule has 4 nitrogen and oxygen atoms in total. The van der Waals surface area contributed by atoms with Crippen molar-refractivity contribution >= 4 is 11.6 Å². The maximum Gasteiger partial charge on any atom is 0.235 e. The quantitative estimate of drug-likeness (QED) is 0.790. The predicted molar refractivity (Wildman–Crippen MR) is 63.6 cm³/mol. The molecule has 1 aliphatic heterocycles. The topological polar surface area (TPSA) is 53.3 Å². The van der Waals surface area contributed by atoms with E-state index in [1.165, 1.54) is 0 Å². The van der Waals surface area contributed by atoms with Crippen molar-refractivity contribution in [1.29, 1.82) is 5.26 Å². The maximum atomic E-state index is 12.2. The normalized spacial score (nSPS) is 18.0. The highest BCUT2D eigenvalue weighted by Crippen LogP contribution is 2.38. The molecule has 1 aliphatic rings. The van der Waals surface area contributed by atoms with Crippen LogP contribution in [0.25, 0.3) is 0 Å². The number of carbonyl (C=O) groups is 1. The van der Waals surface area contributed by atoms with Gasteiger partial charge in [0.15, 0.2) is 0 Å². The Labute approximate surface area is 100 Å². The third-order valence-corrected chi connectivity index (χ3v) is 2.98. The molecule has 0 fully saturated rings. The lowest BCUT2D eigenvalue weighted by atomic mass is 9.98. The summed E-state index contributed by atoms with van der Waals surface area (Å²) in [5.41, 5.74) is 1.87. The van der Waals surface area contributed by atoms with Gasteiger partial charge in [0.25, 0.3) is 0 Å². The van der Waals surface area contributed by atoms with Crippen LogP contribution in [0.1, 0.15) is 17.9 Å². The first kappa shape index (κ1) is 11.6. The average Bonchev–Trinajstić information content (AvgIpc) is 2.61. The molecule has 0 aliphatic carbocycles. The zero-order valence-corrected chi connectivity index (χ0v) is 9.72. The Hall–Kier alpha value is -1.86. The van der Waals surface area contributed by atoms with Gasteiger partial charge in [0, 0.05) is 19.3 Å². The molecule has 0 saturated heterocycles. The minimum absolute atomic E-state index is 0.00444. The summed E-state index contributed by atoms with van der Waals surface area (Å²) in [6.07, 6.45) is 0.235. The Bertz CT molecular complexity index is 465. The van der Waals surface area contributed by atoms with Gasteiger partial charge in [0.05, 0.1) is 25.0 Å². The second-order valence-electron chi connectivity index (χ2n) is 3.96. The fraction of sp³-hybridized carbons (Fsp3) is 0.385. The fourth-order valence-corrected chi connectivity index (χ4v) is 2.17. The standard InChI is InChI=1S/C13H14N2O2/c1-17-9-8-15-12-5-3-2-4-10(12)11(6-7-14)13(15)16/h2-5,11H,6,8-9H2,1H3/t11-/m0/s1. The van der Waals surface area contributed by atoms with Crippen molar-refractivity contribution in [3.05, 3.63) is 29.8 Å². The number of benzene rings is 1. The Morgan fingerprint density at radius 1 is 1.47 bits per heavy atom. The van der Waals surface area contributed by atoms with Gasteiger partial charge in [-0.25, -0.2) is 0 Å². The van der Waals surface area contributed by atoms with Gasteiger partial charge in [-0.3, -0.25) is 4.79 Å². The number of ether oxygens (including phenoxy) is 1. The van der Waals surface area contributed by atoms with Gasteiger partial charge in [0.2, 0.25) is 5.91 Å². The van der Waals surface area contributed by atoms with Crippen molar-refractivity contribution in [3.63, 3.8) is 0 Å². The summed E-state index contributed by atoms with van der Waals surface area (Å²) in [5.74, 6) is -0.308. The van der Waals surface area contributed by atoms with E-state index in [0.717, 1.165) is 11.3 Å². The monoisotopic (exact) mass is 230 g/mol. The number of rotatable bonds is 4. The molecule has 0 radical (unpaired) electrons. The van der Waals surface area contributed by atoms with Crippen LogP contribution in [0.3, 0.4) is 0 Å². The van der Waals surface area contributed by atoms with Gasteiger partial charge in [-0.05, 0) is 11.6 Å². The lowest BCUT2D eigenvalue weighted by Gasteiger charge is -2.16. The van der Waals surface area contributed by atoms with Crippen LogP contribution in [0.5, 0.6) is 0 Å². The summed E-state index contributed by atoms with van der Waals surface area (Å²) < 4.78 is 5.00. The predicted octanol–water partition coefficient (Wildman–Crippen LogP) is 1.68. The molecule has 0 unspecified atom stereocenters. The molecule has 0 N–H and O–H groups in total. The summed E-state index contributed by atoms with van der Waals surface area (Å²) in [5, 5.41) is 8.79. The molecule has 0 saturated carbocycles. The minimum Gasteiger partial charge on any atom is -0.383 e. The van der Waals surface area contributed by atoms with Crippen LogP contribution in [0.15, 0.2) is 24.3 Å². The van der Waals surface area contributed by atoms with Crippen LogP contribution in [-0.4, -0.2) is 26.2 Å². The van der Waals surface area contributed by atoms with Crippen LogP contribution in [-0.2, 0) is 9.53 Å². The first-order valence-corrected chi connectivity index (χ1v) is 5.55. The van der Waals surface area contributed by atoms with Crippen LogP contribution in [0.4, 0.5) is 5.69 Å². The lowest BCUT2D eigenvalue weighted by Crippen LogP contribution is -2.31. The molecule has 0 bridgehead atoms. The van der Waals surface area contributed by atoms with Crippen molar-refractivity contribution in [1.82, 2.24) is 0 Å². The molecular weight excluding hydrogens is 216 g/mol. The zero-order valence-electron chi connectivity index (χ0n) is 9.72. The summed E-state index contributed by atoms with van der Waals surface area (Å²) >= 11 is 0. The van der Waals surface area contributed by atoms with Gasteiger partial charge in [-0.15, -0.1) is 0 Å². The number of nitriles is 1. The molecule has 0 aromatic heterocycles. The van der Waals surface area contributed by atoms with Crippen molar-refractivity contribution < 1.29 is 9.53 Å².